The van der Waals surface area contributed by atoms with E-state index in [4.69, 9.17) is 5.73 Å². The van der Waals surface area contributed by atoms with Crippen LogP contribution in [0, 0.1) is 0 Å². The third-order valence-corrected chi connectivity index (χ3v) is 1.57. The van der Waals surface area contributed by atoms with Crippen LogP contribution >= 0.6 is 0 Å². The molecule has 0 bridgehead atoms. The molecule has 0 aliphatic heterocycles. The number of hydrogen-bond donors (Lipinski definition) is 2. The summed E-state index contributed by atoms with van der Waals surface area (Å²) in [6.45, 7) is 1.83. The highest BCUT2D eigenvalue weighted by Gasteiger charge is 2.02. The van der Waals surface area contributed by atoms with Crippen molar-refractivity contribution >= 4 is 11.7 Å². The number of rotatable bonds is 2. The summed E-state index contributed by atoms with van der Waals surface area (Å²) < 4.78 is 0. The summed E-state index contributed by atoms with van der Waals surface area (Å²) in [5.74, 6) is 0. The fourth-order valence-electron chi connectivity index (χ4n) is 0.926. The highest BCUT2D eigenvalue weighted by Crippen LogP contribution is 2.11. The lowest BCUT2D eigenvalue weighted by molar-refractivity contribution is 0.249. The largest absolute Gasteiger partial charge is 0.350 e. The first-order valence-electron chi connectivity index (χ1n) is 3.66. The Hall–Kier alpha value is -1.58. The van der Waals surface area contributed by atoms with Gasteiger partial charge in [0.2, 0.25) is 0 Å². The van der Waals surface area contributed by atoms with Crippen LogP contribution in [0.15, 0.2) is 28.9 Å². The van der Waals surface area contributed by atoms with Crippen molar-refractivity contribution in [2.45, 2.75) is 13.3 Å². The minimum atomic E-state index is -0.638. The van der Waals surface area contributed by atoms with Gasteiger partial charge in [-0.25, -0.2) is 10.2 Å². The van der Waals surface area contributed by atoms with Crippen molar-refractivity contribution in [1.82, 2.24) is 5.43 Å². The standard InChI is InChI=1S/C8H11N3O/c1-6(10-11-8(9)12)7-4-2-3-5-7/h2-4H,5H2,1H3,(H3,9,11,12)/b10-6+. The Balaban J connectivity index is 2.52. The number of nitrogens with two attached hydrogens (primary N) is 1. The van der Waals surface area contributed by atoms with E-state index in [0.717, 1.165) is 17.7 Å². The molecule has 1 rings (SSSR count). The van der Waals surface area contributed by atoms with E-state index in [2.05, 4.69) is 10.5 Å². The summed E-state index contributed by atoms with van der Waals surface area (Å²) in [5, 5.41) is 3.79. The summed E-state index contributed by atoms with van der Waals surface area (Å²) in [4.78, 5) is 10.3. The lowest BCUT2D eigenvalue weighted by atomic mass is 10.1. The summed E-state index contributed by atoms with van der Waals surface area (Å²) in [5.41, 5.74) is 8.92. The first-order chi connectivity index (χ1) is 5.70. The van der Waals surface area contributed by atoms with Gasteiger partial charge in [0.15, 0.2) is 0 Å². The number of allylic oxidation sites excluding steroid dienone is 4. The first kappa shape index (κ1) is 8.52. The van der Waals surface area contributed by atoms with Crippen molar-refractivity contribution in [3.05, 3.63) is 23.8 Å². The van der Waals surface area contributed by atoms with Gasteiger partial charge in [-0.05, 0) is 18.9 Å². The summed E-state index contributed by atoms with van der Waals surface area (Å²) >= 11 is 0. The van der Waals surface area contributed by atoms with E-state index in [9.17, 15) is 4.79 Å². The second-order valence-corrected chi connectivity index (χ2v) is 2.50. The lowest BCUT2D eigenvalue weighted by Gasteiger charge is -1.99. The Labute approximate surface area is 70.8 Å². The lowest BCUT2D eigenvalue weighted by Crippen LogP contribution is -2.25. The fourth-order valence-corrected chi connectivity index (χ4v) is 0.926. The molecule has 0 unspecified atom stereocenters. The molecule has 2 amide bonds. The Morgan fingerprint density at radius 1 is 1.75 bits per heavy atom. The Bertz CT molecular complexity index is 276. The third kappa shape index (κ3) is 2.23. The molecule has 64 valence electrons. The van der Waals surface area contributed by atoms with Crippen LogP contribution in [0.4, 0.5) is 4.79 Å². The van der Waals surface area contributed by atoms with Gasteiger partial charge in [0.25, 0.3) is 0 Å². The van der Waals surface area contributed by atoms with Crippen LogP contribution < -0.4 is 11.2 Å². The van der Waals surface area contributed by atoms with Crippen LogP contribution in [0.3, 0.4) is 0 Å². The van der Waals surface area contributed by atoms with Gasteiger partial charge in [-0.1, -0.05) is 18.2 Å². The molecule has 3 N–H and O–H groups in total. The average molecular weight is 165 g/mol. The van der Waals surface area contributed by atoms with Gasteiger partial charge in [0.05, 0.1) is 5.71 Å². The van der Waals surface area contributed by atoms with Crippen molar-refractivity contribution in [1.29, 1.82) is 0 Å². The van der Waals surface area contributed by atoms with Crippen LogP contribution in [0.1, 0.15) is 13.3 Å². The molecule has 0 heterocycles. The van der Waals surface area contributed by atoms with Gasteiger partial charge >= 0.3 is 6.03 Å². The number of amides is 2. The van der Waals surface area contributed by atoms with Crippen molar-refractivity contribution in [2.75, 3.05) is 0 Å². The van der Waals surface area contributed by atoms with Gasteiger partial charge in [0.1, 0.15) is 0 Å². The second kappa shape index (κ2) is 3.71. The zero-order valence-electron chi connectivity index (χ0n) is 6.87. The Morgan fingerprint density at radius 3 is 3.00 bits per heavy atom. The van der Waals surface area contributed by atoms with Gasteiger partial charge in [-0.3, -0.25) is 0 Å². The molecule has 0 aromatic carbocycles. The Morgan fingerprint density at radius 2 is 2.50 bits per heavy atom. The molecule has 12 heavy (non-hydrogen) atoms. The van der Waals surface area contributed by atoms with Crippen LogP contribution in [-0.4, -0.2) is 11.7 Å². The van der Waals surface area contributed by atoms with E-state index < -0.39 is 6.03 Å². The zero-order chi connectivity index (χ0) is 8.97. The second-order valence-electron chi connectivity index (χ2n) is 2.50. The minimum Gasteiger partial charge on any atom is -0.350 e. The molecular formula is C8H11N3O. The SMILES string of the molecule is C/C(=N\NC(N)=O)C1=CC=CC1. The van der Waals surface area contributed by atoms with E-state index in [1.54, 1.807) is 0 Å². The minimum absolute atomic E-state index is 0.638. The van der Waals surface area contributed by atoms with Crippen LogP contribution in [0.2, 0.25) is 0 Å². The smallest absolute Gasteiger partial charge is 0.332 e. The van der Waals surface area contributed by atoms with Crippen molar-refractivity contribution in [3.8, 4) is 0 Å². The van der Waals surface area contributed by atoms with E-state index in [1.807, 2.05) is 25.2 Å². The number of carbonyl (C=O) groups is 1. The normalized spacial score (nSPS) is 16.1. The number of primary amides is 1. The van der Waals surface area contributed by atoms with Crippen molar-refractivity contribution < 1.29 is 4.79 Å². The summed E-state index contributed by atoms with van der Waals surface area (Å²) in [6, 6.07) is -0.638. The van der Waals surface area contributed by atoms with Crippen LogP contribution in [-0.2, 0) is 0 Å². The van der Waals surface area contributed by atoms with E-state index in [1.165, 1.54) is 0 Å². The van der Waals surface area contributed by atoms with Gasteiger partial charge < -0.3 is 5.73 Å². The van der Waals surface area contributed by atoms with E-state index in [0.29, 0.717) is 0 Å². The molecule has 0 aromatic heterocycles. The number of hydrazone groups is 1. The maximum Gasteiger partial charge on any atom is 0.332 e. The molecule has 1 aliphatic rings. The predicted molar refractivity (Wildman–Crippen MR) is 47.7 cm³/mol. The topological polar surface area (TPSA) is 67.5 Å². The van der Waals surface area contributed by atoms with Gasteiger partial charge in [-0.2, -0.15) is 5.10 Å². The maximum absolute atomic E-state index is 10.3. The molecule has 0 saturated carbocycles. The number of hydrogen-bond acceptors (Lipinski definition) is 2. The molecule has 0 fully saturated rings. The highest BCUT2D eigenvalue weighted by atomic mass is 16.2. The third-order valence-electron chi connectivity index (χ3n) is 1.57. The first-order valence-corrected chi connectivity index (χ1v) is 3.66. The van der Waals surface area contributed by atoms with Crippen molar-refractivity contribution in [3.63, 3.8) is 0 Å². The van der Waals surface area contributed by atoms with Crippen LogP contribution in [0.25, 0.3) is 0 Å². The zero-order valence-corrected chi connectivity index (χ0v) is 6.87. The average Bonchev–Trinajstić information content (AvgIpc) is 2.51. The summed E-state index contributed by atoms with van der Waals surface area (Å²) in [7, 11) is 0. The van der Waals surface area contributed by atoms with E-state index >= 15 is 0 Å². The van der Waals surface area contributed by atoms with Crippen molar-refractivity contribution in [2.24, 2.45) is 10.8 Å². The molecular weight excluding hydrogens is 154 g/mol. The molecule has 0 saturated heterocycles. The molecule has 0 spiro atoms. The molecule has 0 atom stereocenters. The molecule has 4 nitrogen and oxygen atoms in total. The monoisotopic (exact) mass is 165 g/mol. The van der Waals surface area contributed by atoms with Gasteiger partial charge in [0, 0.05) is 0 Å². The number of carbonyl (C=O) groups excluding carboxylic acids is 1. The maximum atomic E-state index is 10.3. The van der Waals surface area contributed by atoms with E-state index in [-0.39, 0.29) is 0 Å². The quantitative estimate of drug-likeness (QED) is 0.463. The fraction of sp³-hybridized carbons (Fsp3) is 0.250. The molecule has 0 aromatic rings. The highest BCUT2D eigenvalue weighted by molar-refractivity contribution is 5.99. The predicted octanol–water partition coefficient (Wildman–Crippen LogP) is 0.917. The molecule has 0 radical (unpaired) electrons. The van der Waals surface area contributed by atoms with Crippen LogP contribution in [0.5, 0.6) is 0 Å². The molecule has 4 heteroatoms. The summed E-state index contributed by atoms with van der Waals surface area (Å²) in [6.07, 6.45) is 6.81. The Kier molecular flexibility index (Phi) is 2.63. The number of nitrogens with zero attached hydrogens (tertiary/aromatic N) is 1. The molecule has 1 aliphatic carbocycles. The van der Waals surface area contributed by atoms with Gasteiger partial charge in [-0.15, -0.1) is 0 Å². The number of nitrogens with one attached hydrogen (secondary N) is 1. The number of urea groups is 1.